The average Bonchev–Trinajstić information content (AvgIpc) is 3.20. The van der Waals surface area contributed by atoms with E-state index >= 15 is 0 Å². The van der Waals surface area contributed by atoms with Gasteiger partial charge in [0.15, 0.2) is 5.13 Å². The summed E-state index contributed by atoms with van der Waals surface area (Å²) in [4.78, 5) is 36.6. The van der Waals surface area contributed by atoms with Gasteiger partial charge in [-0.05, 0) is 61.9 Å². The van der Waals surface area contributed by atoms with Crippen LogP contribution in [0, 0.1) is 12.8 Å². The molecule has 0 radical (unpaired) electrons. The van der Waals surface area contributed by atoms with Crippen molar-refractivity contribution in [2.45, 2.75) is 39.2 Å². The molecule has 1 saturated heterocycles. The van der Waals surface area contributed by atoms with E-state index in [1.807, 2.05) is 32.2 Å². The van der Waals surface area contributed by atoms with Crippen LogP contribution in [0.4, 0.5) is 16.6 Å². The average molecular weight is 453 g/mol. The van der Waals surface area contributed by atoms with E-state index < -0.39 is 17.4 Å². The highest BCUT2D eigenvalue weighted by Gasteiger charge is 2.43. The molecule has 2 atom stereocenters. The van der Waals surface area contributed by atoms with Gasteiger partial charge in [-0.15, -0.1) is 0 Å². The summed E-state index contributed by atoms with van der Waals surface area (Å²) in [5.74, 6) is -0.531. The number of likely N-dealkylation sites (tertiary alicyclic amines) is 1. The summed E-state index contributed by atoms with van der Waals surface area (Å²) in [6.45, 7) is 6.45. The molecule has 1 fully saturated rings. The Bertz CT molecular complexity index is 1190. The highest BCUT2D eigenvalue weighted by atomic mass is 32.1. The van der Waals surface area contributed by atoms with E-state index in [-0.39, 0.29) is 0 Å². The Labute approximate surface area is 191 Å². The lowest BCUT2D eigenvalue weighted by molar-refractivity contribution is -0.150. The largest absolute Gasteiger partial charge is 0.383 e. The predicted octanol–water partition coefficient (Wildman–Crippen LogP) is 3.74. The number of benzene rings is 1. The van der Waals surface area contributed by atoms with Gasteiger partial charge in [-0.1, -0.05) is 24.3 Å². The minimum Gasteiger partial charge on any atom is -0.383 e. The zero-order valence-electron chi connectivity index (χ0n) is 18.7. The maximum absolute atomic E-state index is 13.3. The number of carbonyl (C=O) groups is 2. The number of aryl methyl sites for hydroxylation is 1. The van der Waals surface area contributed by atoms with Crippen LogP contribution in [0.15, 0.2) is 30.5 Å². The van der Waals surface area contributed by atoms with E-state index in [1.54, 1.807) is 29.2 Å². The molecule has 9 heteroatoms. The molecule has 3 aromatic rings. The Morgan fingerprint density at radius 2 is 2.09 bits per heavy atom. The number of hydrogen-bond acceptors (Lipinski definition) is 7. The van der Waals surface area contributed by atoms with Crippen LogP contribution in [-0.4, -0.2) is 40.3 Å². The zero-order valence-corrected chi connectivity index (χ0v) is 19.5. The van der Waals surface area contributed by atoms with Crippen LogP contribution in [0.5, 0.6) is 0 Å². The summed E-state index contributed by atoms with van der Waals surface area (Å²) in [5, 5.41) is 6.61. The Balaban J connectivity index is 1.64. The Kier molecular flexibility index (Phi) is 5.77. The smallest absolute Gasteiger partial charge is 0.313 e. The number of nitrogen functional groups attached to an aromatic ring is 1. The van der Waals surface area contributed by atoms with Crippen LogP contribution in [0.2, 0.25) is 0 Å². The van der Waals surface area contributed by atoms with E-state index in [1.165, 1.54) is 6.20 Å². The minimum absolute atomic E-state index is 0.305. The quantitative estimate of drug-likeness (QED) is 0.522. The molecule has 4 rings (SSSR count). The monoisotopic (exact) mass is 452 g/mol. The fourth-order valence-electron chi connectivity index (χ4n) is 4.20. The lowest BCUT2D eigenvalue weighted by atomic mass is 9.79. The van der Waals surface area contributed by atoms with Gasteiger partial charge >= 0.3 is 11.8 Å². The number of nitrogens with one attached hydrogen (secondary N) is 2. The molecule has 1 aromatic carbocycles. The van der Waals surface area contributed by atoms with Crippen LogP contribution in [0.1, 0.15) is 37.8 Å². The lowest BCUT2D eigenvalue weighted by Crippen LogP contribution is -2.55. The lowest BCUT2D eigenvalue weighted by Gasteiger charge is -2.47. The number of carbonyl (C=O) groups excluding carboxylic acids is 2. The summed E-state index contributed by atoms with van der Waals surface area (Å²) in [7, 11) is 1.85. The summed E-state index contributed by atoms with van der Waals surface area (Å²) in [6, 6.07) is 7.83. The molecule has 1 aliphatic rings. The van der Waals surface area contributed by atoms with E-state index in [9.17, 15) is 9.59 Å². The first-order valence-electron chi connectivity index (χ1n) is 10.6. The first-order chi connectivity index (χ1) is 15.2. The van der Waals surface area contributed by atoms with Crippen LogP contribution >= 0.6 is 11.3 Å². The van der Waals surface area contributed by atoms with Crippen LogP contribution in [0.25, 0.3) is 10.2 Å². The molecular weight excluding hydrogens is 424 g/mol. The molecule has 0 bridgehead atoms. The number of amides is 2. The van der Waals surface area contributed by atoms with Crippen molar-refractivity contribution in [3.05, 3.63) is 41.6 Å². The van der Waals surface area contributed by atoms with Gasteiger partial charge in [0.2, 0.25) is 0 Å². The van der Waals surface area contributed by atoms with Crippen LogP contribution in [0.3, 0.4) is 0 Å². The van der Waals surface area contributed by atoms with Gasteiger partial charge < -0.3 is 21.3 Å². The first kappa shape index (κ1) is 22.0. The van der Waals surface area contributed by atoms with Gasteiger partial charge in [0.25, 0.3) is 0 Å². The summed E-state index contributed by atoms with van der Waals surface area (Å²) >= 11 is 1.59. The van der Waals surface area contributed by atoms with Gasteiger partial charge in [0, 0.05) is 13.6 Å². The first-order valence-corrected chi connectivity index (χ1v) is 11.5. The molecule has 8 nitrogen and oxygen atoms in total. The normalized spacial score (nSPS) is 20.9. The molecule has 32 heavy (non-hydrogen) atoms. The molecule has 2 aromatic heterocycles. The van der Waals surface area contributed by atoms with Crippen molar-refractivity contribution in [1.29, 1.82) is 0 Å². The fourth-order valence-corrected chi connectivity index (χ4v) is 5.00. The van der Waals surface area contributed by atoms with Gasteiger partial charge in [-0.3, -0.25) is 9.59 Å². The van der Waals surface area contributed by atoms with Crippen molar-refractivity contribution in [3.63, 3.8) is 0 Å². The second-order valence-corrected chi connectivity index (χ2v) is 9.70. The summed E-state index contributed by atoms with van der Waals surface area (Å²) in [5.41, 5.74) is 8.21. The SMILES string of the molecule is CNc1nc2cc([C@]3(C)CC[C@H](C)CN3C(=O)C(=O)Nc3cnc(N)c(C)c3)ccc2s1. The number of nitrogens with two attached hydrogens (primary N) is 1. The van der Waals surface area contributed by atoms with Gasteiger partial charge in [-0.2, -0.15) is 0 Å². The van der Waals surface area contributed by atoms with E-state index in [0.717, 1.165) is 39.3 Å². The van der Waals surface area contributed by atoms with E-state index in [2.05, 4.69) is 27.5 Å². The highest BCUT2D eigenvalue weighted by molar-refractivity contribution is 7.22. The third-order valence-corrected chi connectivity index (χ3v) is 7.31. The van der Waals surface area contributed by atoms with E-state index in [0.29, 0.717) is 24.0 Å². The number of hydrogen-bond donors (Lipinski definition) is 3. The molecule has 0 spiro atoms. The Hall–Kier alpha value is -3.20. The number of piperidine rings is 1. The molecule has 0 unspecified atom stereocenters. The van der Waals surface area contributed by atoms with Gasteiger partial charge in [-0.25, -0.2) is 9.97 Å². The fraction of sp³-hybridized carbons (Fsp3) is 0.391. The highest BCUT2D eigenvalue weighted by Crippen LogP contribution is 2.41. The van der Waals surface area contributed by atoms with Gasteiger partial charge in [0.1, 0.15) is 5.82 Å². The minimum atomic E-state index is -0.677. The molecule has 2 amide bonds. The molecule has 4 N–H and O–H groups in total. The number of anilines is 3. The Morgan fingerprint density at radius 3 is 2.81 bits per heavy atom. The van der Waals surface area contributed by atoms with Crippen molar-refractivity contribution in [3.8, 4) is 0 Å². The number of pyridine rings is 1. The number of nitrogens with zero attached hydrogens (tertiary/aromatic N) is 3. The van der Waals surface area contributed by atoms with Crippen molar-refractivity contribution >= 4 is 50.0 Å². The predicted molar refractivity (Wildman–Crippen MR) is 129 cm³/mol. The third-order valence-electron chi connectivity index (χ3n) is 6.25. The van der Waals surface area contributed by atoms with Gasteiger partial charge in [0.05, 0.1) is 27.6 Å². The van der Waals surface area contributed by atoms with Crippen LogP contribution < -0.4 is 16.4 Å². The summed E-state index contributed by atoms with van der Waals surface area (Å²) in [6.07, 6.45) is 3.20. The maximum atomic E-state index is 13.3. The molecule has 168 valence electrons. The second-order valence-electron chi connectivity index (χ2n) is 8.67. The topological polar surface area (TPSA) is 113 Å². The number of aromatic nitrogens is 2. The number of thiazole rings is 1. The van der Waals surface area contributed by atoms with Crippen molar-refractivity contribution in [2.24, 2.45) is 5.92 Å². The zero-order chi connectivity index (χ0) is 23.0. The van der Waals surface area contributed by atoms with Crippen molar-refractivity contribution < 1.29 is 9.59 Å². The maximum Gasteiger partial charge on any atom is 0.313 e. The van der Waals surface area contributed by atoms with Crippen molar-refractivity contribution in [1.82, 2.24) is 14.9 Å². The number of fused-ring (bicyclic) bond motifs is 1. The standard InChI is InChI=1S/C23H28N6O2S/c1-13-7-8-23(3,15-5-6-18-17(10-15)28-22(25-4)32-18)29(12-13)21(31)20(30)27-16-9-14(2)19(24)26-11-16/h5-6,9-11,13H,7-8,12H2,1-4H3,(H2,24,26)(H,25,28)(H,27,30)/t13-,23-/m0/s1. The third kappa shape index (κ3) is 4.00. The molecule has 0 aliphatic carbocycles. The molecular formula is C23H28N6O2S. The second kappa shape index (κ2) is 8.38. The summed E-state index contributed by atoms with van der Waals surface area (Å²) < 4.78 is 1.08. The van der Waals surface area contributed by atoms with Crippen molar-refractivity contribution in [2.75, 3.05) is 30.0 Å². The van der Waals surface area contributed by atoms with Crippen LogP contribution in [-0.2, 0) is 15.1 Å². The molecule has 0 saturated carbocycles. The van der Waals surface area contributed by atoms with E-state index in [4.69, 9.17) is 5.73 Å². The molecule has 1 aliphatic heterocycles. The Morgan fingerprint density at radius 1 is 1.31 bits per heavy atom. The molecule has 3 heterocycles. The number of rotatable bonds is 3.